The van der Waals surface area contributed by atoms with Gasteiger partial charge in [-0.1, -0.05) is 5.21 Å². The minimum Gasteiger partial charge on any atom is -0.480 e. The first-order valence-electron chi connectivity index (χ1n) is 12.6. The SMILES string of the molecule is COc1nc(-c2ccc(N(C)C3CC4CCC(C3)N4C(=O)OC(C)(C)C)nn2)ccc1-c1cn(C)nn1. The van der Waals surface area contributed by atoms with Crippen molar-refractivity contribution in [1.82, 2.24) is 35.1 Å². The van der Waals surface area contributed by atoms with Crippen LogP contribution in [0.2, 0.25) is 0 Å². The molecule has 1 amide bonds. The van der Waals surface area contributed by atoms with E-state index in [9.17, 15) is 4.79 Å². The number of amides is 1. The summed E-state index contributed by atoms with van der Waals surface area (Å²) in [6, 6.07) is 8.34. The third kappa shape index (κ3) is 5.07. The Labute approximate surface area is 216 Å². The zero-order valence-corrected chi connectivity index (χ0v) is 22.2. The Bertz CT molecular complexity index is 1260. The van der Waals surface area contributed by atoms with Gasteiger partial charge in [0.05, 0.1) is 24.6 Å². The molecule has 0 radical (unpaired) electrons. The van der Waals surface area contributed by atoms with E-state index in [1.807, 2.05) is 70.2 Å². The molecule has 5 rings (SSSR count). The number of aryl methyl sites for hydroxylation is 1. The lowest BCUT2D eigenvalue weighted by molar-refractivity contribution is 0.00597. The van der Waals surface area contributed by atoms with Crippen molar-refractivity contribution in [2.45, 2.75) is 70.2 Å². The van der Waals surface area contributed by atoms with Gasteiger partial charge in [0.1, 0.15) is 17.0 Å². The largest absolute Gasteiger partial charge is 0.480 e. The smallest absolute Gasteiger partial charge is 0.410 e. The van der Waals surface area contributed by atoms with Crippen molar-refractivity contribution in [2.75, 3.05) is 19.1 Å². The van der Waals surface area contributed by atoms with Crippen molar-refractivity contribution in [2.24, 2.45) is 7.05 Å². The molecule has 0 saturated carbocycles. The van der Waals surface area contributed by atoms with Crippen LogP contribution in [0.4, 0.5) is 10.6 Å². The van der Waals surface area contributed by atoms with Gasteiger partial charge in [-0.15, -0.1) is 15.3 Å². The number of hydrogen-bond acceptors (Lipinski definition) is 9. The monoisotopic (exact) mass is 506 g/mol. The number of hydrogen-bond donors (Lipinski definition) is 0. The molecule has 2 aliphatic rings. The van der Waals surface area contributed by atoms with Crippen molar-refractivity contribution < 1.29 is 14.3 Å². The van der Waals surface area contributed by atoms with E-state index in [0.717, 1.165) is 37.1 Å². The van der Waals surface area contributed by atoms with Gasteiger partial charge in [0.25, 0.3) is 0 Å². The Morgan fingerprint density at radius 2 is 1.70 bits per heavy atom. The fraction of sp³-hybridized carbons (Fsp3) is 0.538. The minimum absolute atomic E-state index is 0.192. The summed E-state index contributed by atoms with van der Waals surface area (Å²) in [7, 11) is 5.44. The highest BCUT2D eigenvalue weighted by Crippen LogP contribution is 2.39. The summed E-state index contributed by atoms with van der Waals surface area (Å²) in [5.41, 5.74) is 2.27. The van der Waals surface area contributed by atoms with Gasteiger partial charge in [0.2, 0.25) is 5.88 Å². The molecule has 2 aliphatic heterocycles. The first kappa shape index (κ1) is 24.9. The number of pyridine rings is 1. The van der Waals surface area contributed by atoms with E-state index in [4.69, 9.17) is 9.47 Å². The minimum atomic E-state index is -0.490. The molecule has 2 saturated heterocycles. The van der Waals surface area contributed by atoms with Gasteiger partial charge in [0.15, 0.2) is 5.82 Å². The van der Waals surface area contributed by atoms with E-state index in [2.05, 4.69) is 30.4 Å². The summed E-state index contributed by atoms with van der Waals surface area (Å²) in [5.74, 6) is 1.25. The summed E-state index contributed by atoms with van der Waals surface area (Å²) in [6.45, 7) is 5.73. The van der Waals surface area contributed by atoms with Crippen molar-refractivity contribution in [3.8, 4) is 28.5 Å². The van der Waals surface area contributed by atoms with Crippen LogP contribution >= 0.6 is 0 Å². The van der Waals surface area contributed by atoms with E-state index in [-0.39, 0.29) is 24.2 Å². The summed E-state index contributed by atoms with van der Waals surface area (Å²) >= 11 is 0. The number of nitrogens with zero attached hydrogens (tertiary/aromatic N) is 8. The highest BCUT2D eigenvalue weighted by molar-refractivity contribution is 5.70. The van der Waals surface area contributed by atoms with Gasteiger partial charge < -0.3 is 19.3 Å². The molecule has 5 heterocycles. The summed E-state index contributed by atoms with van der Waals surface area (Å²) in [4.78, 5) is 21.6. The van der Waals surface area contributed by atoms with Gasteiger partial charge in [-0.25, -0.2) is 9.78 Å². The predicted octanol–water partition coefficient (Wildman–Crippen LogP) is 3.71. The standard InChI is InChI=1S/C26H34N8O3/c1-26(2,3)37-25(35)34-16-7-8-17(34)14-18(13-16)33(5)23-12-11-21(28-30-23)20-10-9-19(24(27-20)36-6)22-15-32(4)31-29-22/h9-12,15-18H,7-8,13-14H2,1-6H3. The molecule has 2 fully saturated rings. The number of ether oxygens (including phenoxy) is 2. The fourth-order valence-electron chi connectivity index (χ4n) is 5.32. The van der Waals surface area contributed by atoms with Crippen LogP contribution in [-0.2, 0) is 11.8 Å². The molecule has 37 heavy (non-hydrogen) atoms. The molecular weight excluding hydrogens is 472 g/mol. The van der Waals surface area contributed by atoms with E-state index in [1.54, 1.807) is 11.8 Å². The predicted molar refractivity (Wildman–Crippen MR) is 138 cm³/mol. The number of rotatable bonds is 5. The molecule has 2 bridgehead atoms. The average molecular weight is 507 g/mol. The Kier molecular flexibility index (Phi) is 6.47. The molecular formula is C26H34N8O3. The molecule has 0 N–H and O–H groups in total. The molecule has 2 unspecified atom stereocenters. The van der Waals surface area contributed by atoms with Crippen LogP contribution in [-0.4, -0.2) is 79.1 Å². The van der Waals surface area contributed by atoms with E-state index >= 15 is 0 Å². The fourth-order valence-corrected chi connectivity index (χ4v) is 5.32. The van der Waals surface area contributed by atoms with Crippen LogP contribution in [0.15, 0.2) is 30.5 Å². The van der Waals surface area contributed by atoms with Crippen LogP contribution in [0.5, 0.6) is 5.88 Å². The van der Waals surface area contributed by atoms with Crippen LogP contribution in [0.1, 0.15) is 46.5 Å². The van der Waals surface area contributed by atoms with Gasteiger partial charge in [-0.3, -0.25) is 4.68 Å². The number of anilines is 1. The molecule has 2 atom stereocenters. The van der Waals surface area contributed by atoms with Crippen molar-refractivity contribution in [1.29, 1.82) is 0 Å². The molecule has 3 aromatic heterocycles. The first-order valence-corrected chi connectivity index (χ1v) is 12.6. The third-order valence-electron chi connectivity index (χ3n) is 7.07. The number of carbonyl (C=O) groups excluding carboxylic acids is 1. The maximum Gasteiger partial charge on any atom is 0.410 e. The van der Waals surface area contributed by atoms with Gasteiger partial charge >= 0.3 is 6.09 Å². The Balaban J connectivity index is 1.28. The van der Waals surface area contributed by atoms with Crippen LogP contribution in [0.25, 0.3) is 22.6 Å². The summed E-state index contributed by atoms with van der Waals surface area (Å²) < 4.78 is 12.8. The second-order valence-electron chi connectivity index (χ2n) is 10.8. The molecule has 3 aromatic rings. The number of aromatic nitrogens is 6. The summed E-state index contributed by atoms with van der Waals surface area (Å²) in [5, 5.41) is 17.1. The van der Waals surface area contributed by atoms with Crippen LogP contribution in [0.3, 0.4) is 0 Å². The van der Waals surface area contributed by atoms with Gasteiger partial charge in [-0.05, 0) is 70.7 Å². The number of methoxy groups -OCH3 is 1. The van der Waals surface area contributed by atoms with E-state index in [0.29, 0.717) is 23.0 Å². The third-order valence-corrected chi connectivity index (χ3v) is 7.07. The first-order chi connectivity index (χ1) is 17.6. The van der Waals surface area contributed by atoms with Crippen molar-refractivity contribution in [3.63, 3.8) is 0 Å². The average Bonchev–Trinajstić information content (AvgIpc) is 3.42. The second kappa shape index (κ2) is 9.60. The number of carbonyl (C=O) groups is 1. The highest BCUT2D eigenvalue weighted by atomic mass is 16.6. The maximum atomic E-state index is 12.8. The Morgan fingerprint density at radius 1 is 1.00 bits per heavy atom. The zero-order chi connectivity index (χ0) is 26.3. The molecule has 11 heteroatoms. The van der Waals surface area contributed by atoms with Crippen LogP contribution < -0.4 is 9.64 Å². The van der Waals surface area contributed by atoms with E-state index in [1.165, 1.54) is 0 Å². The van der Waals surface area contributed by atoms with E-state index < -0.39 is 5.60 Å². The Hall–Kier alpha value is -3.76. The zero-order valence-electron chi connectivity index (χ0n) is 22.2. The maximum absolute atomic E-state index is 12.8. The van der Waals surface area contributed by atoms with Gasteiger partial charge in [0, 0.05) is 32.2 Å². The number of fused-ring (bicyclic) bond motifs is 2. The number of piperidine rings is 1. The molecule has 196 valence electrons. The normalized spacial score (nSPS) is 21.1. The molecule has 0 aliphatic carbocycles. The molecule has 0 spiro atoms. The molecule has 11 nitrogen and oxygen atoms in total. The molecule has 0 aromatic carbocycles. The van der Waals surface area contributed by atoms with Crippen molar-refractivity contribution >= 4 is 11.9 Å². The van der Waals surface area contributed by atoms with Gasteiger partial charge in [-0.2, -0.15) is 0 Å². The lowest BCUT2D eigenvalue weighted by Crippen LogP contribution is -2.53. The summed E-state index contributed by atoms with van der Waals surface area (Å²) in [6.07, 6.45) is 5.41. The van der Waals surface area contributed by atoms with Crippen molar-refractivity contribution in [3.05, 3.63) is 30.5 Å². The second-order valence-corrected chi connectivity index (χ2v) is 10.8. The topological polar surface area (TPSA) is 111 Å². The lowest BCUT2D eigenvalue weighted by Gasteiger charge is -2.42. The highest BCUT2D eigenvalue weighted by Gasteiger charge is 2.46. The van der Waals surface area contributed by atoms with Crippen LogP contribution in [0, 0.1) is 0 Å². The lowest BCUT2D eigenvalue weighted by atomic mass is 9.96. The Morgan fingerprint density at radius 3 is 2.27 bits per heavy atom. The quantitative estimate of drug-likeness (QED) is 0.511.